The molecular weight excluding hydrogens is 260 g/mol. The van der Waals surface area contributed by atoms with Gasteiger partial charge in [-0.1, -0.05) is 55.8 Å². The van der Waals surface area contributed by atoms with Crippen molar-refractivity contribution in [1.29, 1.82) is 0 Å². The largest absolute Gasteiger partial charge is 0.399 e. The van der Waals surface area contributed by atoms with E-state index in [1.807, 2.05) is 54.6 Å². The van der Waals surface area contributed by atoms with Crippen LogP contribution in [0.4, 0.5) is 5.69 Å². The van der Waals surface area contributed by atoms with Gasteiger partial charge in [0.1, 0.15) is 0 Å². The van der Waals surface area contributed by atoms with E-state index in [1.54, 1.807) is 0 Å². The number of aliphatic hydroxyl groups excluding tert-OH is 1. The molecule has 0 saturated carbocycles. The van der Waals surface area contributed by atoms with Gasteiger partial charge in [-0.05, 0) is 29.7 Å². The zero-order valence-electron chi connectivity index (χ0n) is 12.4. The third kappa shape index (κ3) is 3.84. The van der Waals surface area contributed by atoms with E-state index < -0.39 is 12.1 Å². The number of hydrogen-bond acceptors (Lipinski definition) is 3. The Morgan fingerprint density at radius 1 is 1.00 bits per heavy atom. The summed E-state index contributed by atoms with van der Waals surface area (Å²) in [5, 5.41) is 10.7. The molecule has 0 aromatic heterocycles. The van der Waals surface area contributed by atoms with Gasteiger partial charge in [-0.25, -0.2) is 0 Å². The highest BCUT2D eigenvalue weighted by atomic mass is 16.3. The van der Waals surface area contributed by atoms with Crippen LogP contribution in [0.5, 0.6) is 0 Å². The second-order valence-electron chi connectivity index (χ2n) is 5.49. The molecule has 0 amide bonds. The second kappa shape index (κ2) is 7.25. The molecule has 0 heterocycles. The molecule has 0 aliphatic carbocycles. The van der Waals surface area contributed by atoms with Crippen molar-refractivity contribution >= 4 is 5.69 Å². The van der Waals surface area contributed by atoms with Crippen LogP contribution in [0, 0.1) is 0 Å². The van der Waals surface area contributed by atoms with Crippen molar-refractivity contribution in [1.82, 2.24) is 0 Å². The molecule has 3 atom stereocenters. The Bertz CT molecular complexity index is 556. The van der Waals surface area contributed by atoms with Gasteiger partial charge in [0.2, 0.25) is 0 Å². The molecule has 0 aliphatic rings. The number of nitrogens with two attached hydrogens (primary N) is 2. The van der Waals surface area contributed by atoms with Crippen molar-refractivity contribution in [3.63, 3.8) is 0 Å². The molecule has 5 N–H and O–H groups in total. The smallest absolute Gasteiger partial charge is 0.0801 e. The fourth-order valence-electron chi connectivity index (χ4n) is 2.76. The number of rotatable bonds is 6. The Labute approximate surface area is 126 Å². The minimum atomic E-state index is -0.630. The second-order valence-corrected chi connectivity index (χ2v) is 5.49. The first-order chi connectivity index (χ1) is 10.1. The number of anilines is 1. The van der Waals surface area contributed by atoms with Gasteiger partial charge in [-0.3, -0.25) is 0 Å². The minimum absolute atomic E-state index is 0.00583. The first kappa shape index (κ1) is 15.5. The van der Waals surface area contributed by atoms with Crippen LogP contribution >= 0.6 is 0 Å². The summed E-state index contributed by atoms with van der Waals surface area (Å²) >= 11 is 0. The SMILES string of the molecule is CCCC(c1cccc(N)c1)[C@H](O)C(N)c1ccccc1. The summed E-state index contributed by atoms with van der Waals surface area (Å²) in [6.07, 6.45) is 1.23. The van der Waals surface area contributed by atoms with Crippen LogP contribution in [0.2, 0.25) is 0 Å². The highest BCUT2D eigenvalue weighted by Crippen LogP contribution is 2.32. The van der Waals surface area contributed by atoms with Gasteiger partial charge in [-0.15, -0.1) is 0 Å². The van der Waals surface area contributed by atoms with E-state index in [4.69, 9.17) is 11.5 Å². The van der Waals surface area contributed by atoms with E-state index in [1.165, 1.54) is 0 Å². The fourth-order valence-corrected chi connectivity index (χ4v) is 2.76. The molecule has 2 aromatic carbocycles. The monoisotopic (exact) mass is 284 g/mol. The predicted molar refractivity (Wildman–Crippen MR) is 87.9 cm³/mol. The Hall–Kier alpha value is -1.84. The molecule has 0 fully saturated rings. The van der Waals surface area contributed by atoms with Gasteiger partial charge in [0.25, 0.3) is 0 Å². The molecule has 0 aliphatic heterocycles. The summed E-state index contributed by atoms with van der Waals surface area (Å²) in [6, 6.07) is 17.1. The van der Waals surface area contributed by atoms with E-state index in [0.29, 0.717) is 5.69 Å². The zero-order chi connectivity index (χ0) is 15.2. The van der Waals surface area contributed by atoms with Crippen LogP contribution < -0.4 is 11.5 Å². The molecule has 0 radical (unpaired) electrons. The number of hydrogen-bond donors (Lipinski definition) is 3. The summed E-state index contributed by atoms with van der Waals surface area (Å²) in [5.74, 6) is -0.00583. The lowest BCUT2D eigenvalue weighted by atomic mass is 9.84. The third-order valence-electron chi connectivity index (χ3n) is 3.90. The Balaban J connectivity index is 2.25. The van der Waals surface area contributed by atoms with Gasteiger partial charge < -0.3 is 16.6 Å². The predicted octanol–water partition coefficient (Wildman–Crippen LogP) is 3.21. The van der Waals surface area contributed by atoms with Crippen LogP contribution in [0.15, 0.2) is 54.6 Å². The normalized spacial score (nSPS) is 15.4. The van der Waals surface area contributed by atoms with Crippen molar-refractivity contribution in [2.24, 2.45) is 5.73 Å². The Kier molecular flexibility index (Phi) is 5.37. The summed E-state index contributed by atoms with van der Waals surface area (Å²) in [4.78, 5) is 0. The number of benzene rings is 2. The highest BCUT2D eigenvalue weighted by Gasteiger charge is 2.27. The van der Waals surface area contributed by atoms with Crippen LogP contribution in [-0.2, 0) is 0 Å². The van der Waals surface area contributed by atoms with Gasteiger partial charge in [0.05, 0.1) is 12.1 Å². The van der Waals surface area contributed by atoms with Gasteiger partial charge in [-0.2, -0.15) is 0 Å². The molecule has 0 spiro atoms. The van der Waals surface area contributed by atoms with Gasteiger partial charge in [0.15, 0.2) is 0 Å². The van der Waals surface area contributed by atoms with E-state index >= 15 is 0 Å². The summed E-state index contributed by atoms with van der Waals surface area (Å²) < 4.78 is 0. The molecule has 0 saturated heterocycles. The molecule has 3 heteroatoms. The standard InChI is InChI=1S/C18H24N2O/c1-2-7-16(14-10-6-11-15(19)12-14)18(21)17(20)13-8-4-3-5-9-13/h3-6,8-12,16-18,21H,2,7,19-20H2,1H3/t16?,17?,18-/m0/s1. The van der Waals surface area contributed by atoms with E-state index in [2.05, 4.69) is 6.92 Å². The van der Waals surface area contributed by atoms with E-state index in [0.717, 1.165) is 24.0 Å². The summed E-state index contributed by atoms with van der Waals surface area (Å²) in [6.45, 7) is 2.11. The summed E-state index contributed by atoms with van der Waals surface area (Å²) in [5.41, 5.74) is 14.9. The van der Waals surface area contributed by atoms with Crippen molar-refractivity contribution in [3.05, 3.63) is 65.7 Å². The Morgan fingerprint density at radius 2 is 1.67 bits per heavy atom. The van der Waals surface area contributed by atoms with Gasteiger partial charge >= 0.3 is 0 Å². The first-order valence-electron chi connectivity index (χ1n) is 7.47. The molecule has 3 nitrogen and oxygen atoms in total. The zero-order valence-corrected chi connectivity index (χ0v) is 12.4. The van der Waals surface area contributed by atoms with Crippen LogP contribution in [0.3, 0.4) is 0 Å². The van der Waals surface area contributed by atoms with Crippen molar-refractivity contribution < 1.29 is 5.11 Å². The maximum Gasteiger partial charge on any atom is 0.0801 e. The van der Waals surface area contributed by atoms with Crippen LogP contribution in [0.25, 0.3) is 0 Å². The molecule has 2 unspecified atom stereocenters. The van der Waals surface area contributed by atoms with Crippen molar-refractivity contribution in [2.45, 2.75) is 37.8 Å². The van der Waals surface area contributed by atoms with Crippen LogP contribution in [-0.4, -0.2) is 11.2 Å². The summed E-state index contributed by atoms with van der Waals surface area (Å²) in [7, 11) is 0. The number of aliphatic hydroxyl groups is 1. The molecule has 2 aromatic rings. The average Bonchev–Trinajstić information content (AvgIpc) is 2.52. The Morgan fingerprint density at radius 3 is 2.29 bits per heavy atom. The van der Waals surface area contributed by atoms with E-state index in [9.17, 15) is 5.11 Å². The minimum Gasteiger partial charge on any atom is -0.399 e. The lowest BCUT2D eigenvalue weighted by Crippen LogP contribution is -2.32. The van der Waals surface area contributed by atoms with Crippen molar-refractivity contribution in [3.8, 4) is 0 Å². The quantitative estimate of drug-likeness (QED) is 0.713. The first-order valence-corrected chi connectivity index (χ1v) is 7.47. The van der Waals surface area contributed by atoms with Gasteiger partial charge in [0, 0.05) is 11.6 Å². The van der Waals surface area contributed by atoms with Crippen LogP contribution in [0.1, 0.15) is 42.9 Å². The van der Waals surface area contributed by atoms with Crippen molar-refractivity contribution in [2.75, 3.05) is 5.73 Å². The molecule has 112 valence electrons. The molecule has 0 bridgehead atoms. The number of nitrogen functional groups attached to an aromatic ring is 1. The maximum atomic E-state index is 10.7. The average molecular weight is 284 g/mol. The topological polar surface area (TPSA) is 72.3 Å². The van der Waals surface area contributed by atoms with E-state index in [-0.39, 0.29) is 5.92 Å². The highest BCUT2D eigenvalue weighted by molar-refractivity contribution is 5.42. The third-order valence-corrected chi connectivity index (χ3v) is 3.90. The fraction of sp³-hybridized carbons (Fsp3) is 0.333. The lowest BCUT2D eigenvalue weighted by Gasteiger charge is -2.28. The molecule has 2 rings (SSSR count). The lowest BCUT2D eigenvalue weighted by molar-refractivity contribution is 0.110. The maximum absolute atomic E-state index is 10.7. The molecular formula is C18H24N2O. The molecule has 21 heavy (non-hydrogen) atoms.